The van der Waals surface area contributed by atoms with Crippen molar-refractivity contribution in [2.75, 3.05) is 26.3 Å². The molecule has 108 valence electrons. The molecule has 3 rings (SSSR count). The zero-order valence-corrected chi connectivity index (χ0v) is 11.6. The predicted molar refractivity (Wildman–Crippen MR) is 72.6 cm³/mol. The van der Waals surface area contributed by atoms with Gasteiger partial charge in [0.1, 0.15) is 0 Å². The van der Waals surface area contributed by atoms with E-state index in [2.05, 4.69) is 9.88 Å². The third-order valence-electron chi connectivity index (χ3n) is 3.67. The molecule has 0 N–H and O–H groups in total. The summed E-state index contributed by atoms with van der Waals surface area (Å²) >= 11 is 0. The van der Waals surface area contributed by atoms with Gasteiger partial charge in [-0.3, -0.25) is 18.8 Å². The maximum Gasteiger partial charge on any atom is 0.332 e. The Hall–Kier alpha value is -1.93. The standard InChI is InChI=1S/C12H17N5O3/c1-14-10-9(11(18)15(2)12(14)19)17(7-13-10)8-16-3-5-20-6-4-16/h7H,3-6,8H2,1-2H3. The molecule has 0 unspecified atom stereocenters. The lowest BCUT2D eigenvalue weighted by Gasteiger charge is -2.26. The van der Waals surface area contributed by atoms with Crippen molar-refractivity contribution in [1.82, 2.24) is 23.6 Å². The van der Waals surface area contributed by atoms with Crippen LogP contribution >= 0.6 is 0 Å². The third-order valence-corrected chi connectivity index (χ3v) is 3.67. The summed E-state index contributed by atoms with van der Waals surface area (Å²) < 4.78 is 9.61. The van der Waals surface area contributed by atoms with E-state index < -0.39 is 0 Å². The van der Waals surface area contributed by atoms with Crippen LogP contribution in [0.3, 0.4) is 0 Å². The van der Waals surface area contributed by atoms with E-state index in [0.29, 0.717) is 31.0 Å². The molecule has 0 spiro atoms. The monoisotopic (exact) mass is 279 g/mol. The first kappa shape index (κ1) is 13.1. The number of hydrogen-bond acceptors (Lipinski definition) is 5. The molecule has 3 heterocycles. The number of hydrogen-bond donors (Lipinski definition) is 0. The number of morpholine rings is 1. The Labute approximate surface area is 114 Å². The molecule has 8 heteroatoms. The number of aromatic nitrogens is 4. The van der Waals surface area contributed by atoms with Crippen LogP contribution in [0.25, 0.3) is 11.2 Å². The van der Waals surface area contributed by atoms with Crippen LogP contribution in [0.15, 0.2) is 15.9 Å². The summed E-state index contributed by atoms with van der Waals surface area (Å²) in [6, 6.07) is 0. The normalized spacial score (nSPS) is 16.9. The van der Waals surface area contributed by atoms with Crippen LogP contribution in [0.1, 0.15) is 0 Å². The number of fused-ring (bicyclic) bond motifs is 1. The van der Waals surface area contributed by atoms with Gasteiger partial charge in [-0.1, -0.05) is 0 Å². The topological polar surface area (TPSA) is 74.3 Å². The van der Waals surface area contributed by atoms with E-state index in [1.165, 1.54) is 11.6 Å². The van der Waals surface area contributed by atoms with Crippen molar-refractivity contribution in [3.8, 4) is 0 Å². The maximum atomic E-state index is 12.3. The van der Waals surface area contributed by atoms with E-state index in [0.717, 1.165) is 17.7 Å². The SMILES string of the molecule is Cn1c(=O)c2c(ncn2CN2CCOCC2)n(C)c1=O. The first-order valence-corrected chi connectivity index (χ1v) is 6.50. The second kappa shape index (κ2) is 4.88. The largest absolute Gasteiger partial charge is 0.379 e. The van der Waals surface area contributed by atoms with Crippen LogP contribution in [0, 0.1) is 0 Å². The van der Waals surface area contributed by atoms with Crippen molar-refractivity contribution in [2.24, 2.45) is 14.1 Å². The average molecular weight is 279 g/mol. The molecule has 0 bridgehead atoms. The van der Waals surface area contributed by atoms with Crippen molar-refractivity contribution in [3.05, 3.63) is 27.2 Å². The van der Waals surface area contributed by atoms with Crippen LogP contribution in [0.5, 0.6) is 0 Å². The van der Waals surface area contributed by atoms with E-state index >= 15 is 0 Å². The van der Waals surface area contributed by atoms with Crippen LogP contribution in [0.2, 0.25) is 0 Å². The molecular formula is C12H17N5O3. The van der Waals surface area contributed by atoms with Gasteiger partial charge in [-0.25, -0.2) is 9.78 Å². The molecule has 1 aliphatic heterocycles. The molecule has 0 aliphatic carbocycles. The van der Waals surface area contributed by atoms with Crippen molar-refractivity contribution >= 4 is 11.2 Å². The highest BCUT2D eigenvalue weighted by atomic mass is 16.5. The second-order valence-corrected chi connectivity index (χ2v) is 4.96. The Morgan fingerprint density at radius 3 is 2.60 bits per heavy atom. The lowest BCUT2D eigenvalue weighted by Crippen LogP contribution is -2.40. The zero-order valence-electron chi connectivity index (χ0n) is 11.6. The molecule has 0 atom stereocenters. The highest BCUT2D eigenvalue weighted by Crippen LogP contribution is 2.08. The Morgan fingerprint density at radius 2 is 1.90 bits per heavy atom. The highest BCUT2D eigenvalue weighted by Gasteiger charge is 2.17. The summed E-state index contributed by atoms with van der Waals surface area (Å²) in [5, 5.41) is 0. The number of imidazole rings is 1. The minimum atomic E-state index is -0.362. The summed E-state index contributed by atoms with van der Waals surface area (Å²) in [4.78, 5) is 30.5. The molecule has 20 heavy (non-hydrogen) atoms. The quantitative estimate of drug-likeness (QED) is 0.685. The number of nitrogens with zero attached hydrogens (tertiary/aromatic N) is 5. The molecule has 2 aromatic heterocycles. The number of aryl methyl sites for hydroxylation is 1. The third kappa shape index (κ3) is 1.97. The fourth-order valence-electron chi connectivity index (χ4n) is 2.46. The molecular weight excluding hydrogens is 262 g/mol. The Kier molecular flexibility index (Phi) is 3.19. The highest BCUT2D eigenvalue weighted by molar-refractivity contribution is 5.69. The molecule has 0 radical (unpaired) electrons. The lowest BCUT2D eigenvalue weighted by molar-refractivity contribution is 0.0240. The van der Waals surface area contributed by atoms with Gasteiger partial charge in [0.15, 0.2) is 11.2 Å². The van der Waals surface area contributed by atoms with E-state index in [4.69, 9.17) is 4.74 Å². The molecule has 1 saturated heterocycles. The fraction of sp³-hybridized carbons (Fsp3) is 0.583. The van der Waals surface area contributed by atoms with Gasteiger partial charge < -0.3 is 9.30 Å². The van der Waals surface area contributed by atoms with Gasteiger partial charge in [-0.2, -0.15) is 0 Å². The molecule has 0 aromatic carbocycles. The second-order valence-electron chi connectivity index (χ2n) is 4.96. The Bertz CT molecular complexity index is 751. The lowest BCUT2D eigenvalue weighted by atomic mass is 10.4. The predicted octanol–water partition coefficient (Wildman–Crippen LogP) is -1.28. The van der Waals surface area contributed by atoms with E-state index in [9.17, 15) is 9.59 Å². The van der Waals surface area contributed by atoms with Crippen molar-refractivity contribution < 1.29 is 4.74 Å². The summed E-state index contributed by atoms with van der Waals surface area (Å²) in [5.41, 5.74) is 0.209. The smallest absolute Gasteiger partial charge is 0.332 e. The molecule has 1 fully saturated rings. The van der Waals surface area contributed by atoms with Gasteiger partial charge in [-0.05, 0) is 0 Å². The van der Waals surface area contributed by atoms with Crippen LogP contribution in [-0.2, 0) is 25.5 Å². The van der Waals surface area contributed by atoms with Crippen molar-refractivity contribution in [1.29, 1.82) is 0 Å². The summed E-state index contributed by atoms with van der Waals surface area (Å²) in [6.45, 7) is 3.62. The average Bonchev–Trinajstić information content (AvgIpc) is 2.88. The maximum absolute atomic E-state index is 12.3. The van der Waals surface area contributed by atoms with Gasteiger partial charge in [-0.15, -0.1) is 0 Å². The molecule has 8 nitrogen and oxygen atoms in total. The van der Waals surface area contributed by atoms with Gasteiger partial charge in [0.05, 0.1) is 26.2 Å². The van der Waals surface area contributed by atoms with Gasteiger partial charge in [0.25, 0.3) is 5.56 Å². The van der Waals surface area contributed by atoms with Crippen LogP contribution < -0.4 is 11.2 Å². The molecule has 0 amide bonds. The molecule has 2 aromatic rings. The van der Waals surface area contributed by atoms with Crippen LogP contribution in [-0.4, -0.2) is 49.9 Å². The fourth-order valence-corrected chi connectivity index (χ4v) is 2.46. The summed E-state index contributed by atoms with van der Waals surface area (Å²) in [5.74, 6) is 0. The van der Waals surface area contributed by atoms with Crippen molar-refractivity contribution in [2.45, 2.75) is 6.67 Å². The first-order valence-electron chi connectivity index (χ1n) is 6.50. The Balaban J connectivity index is 2.09. The minimum Gasteiger partial charge on any atom is -0.379 e. The summed E-state index contributed by atoms with van der Waals surface area (Å²) in [6.07, 6.45) is 1.61. The number of rotatable bonds is 2. The Morgan fingerprint density at radius 1 is 1.20 bits per heavy atom. The molecule has 0 saturated carbocycles. The van der Waals surface area contributed by atoms with Crippen molar-refractivity contribution in [3.63, 3.8) is 0 Å². The first-order chi connectivity index (χ1) is 9.59. The van der Waals surface area contributed by atoms with E-state index in [1.54, 1.807) is 17.9 Å². The van der Waals surface area contributed by atoms with Gasteiger partial charge >= 0.3 is 5.69 Å². The van der Waals surface area contributed by atoms with Crippen LogP contribution in [0.4, 0.5) is 0 Å². The van der Waals surface area contributed by atoms with E-state index in [-0.39, 0.29) is 11.2 Å². The zero-order chi connectivity index (χ0) is 14.3. The molecule has 1 aliphatic rings. The van der Waals surface area contributed by atoms with E-state index in [1.807, 2.05) is 0 Å². The summed E-state index contributed by atoms with van der Waals surface area (Å²) in [7, 11) is 3.10. The number of ether oxygens (including phenoxy) is 1. The van der Waals surface area contributed by atoms with Gasteiger partial charge in [0, 0.05) is 27.2 Å². The minimum absolute atomic E-state index is 0.311. The van der Waals surface area contributed by atoms with Gasteiger partial charge in [0.2, 0.25) is 0 Å².